The summed E-state index contributed by atoms with van der Waals surface area (Å²) in [7, 11) is -3.86. The van der Waals surface area contributed by atoms with Crippen molar-refractivity contribution in [1.29, 1.82) is 0 Å². The Kier molecular flexibility index (Phi) is 8.67. The van der Waals surface area contributed by atoms with Gasteiger partial charge in [0.25, 0.3) is 5.91 Å². The third-order valence-corrected chi connectivity index (χ3v) is 8.23. The van der Waals surface area contributed by atoms with Crippen molar-refractivity contribution in [3.63, 3.8) is 0 Å². The number of rotatable bonds is 1. The van der Waals surface area contributed by atoms with Crippen molar-refractivity contribution in [2.75, 3.05) is 12.3 Å². The Bertz CT molecular complexity index is 1390. The van der Waals surface area contributed by atoms with Gasteiger partial charge in [-0.2, -0.15) is 0 Å². The molecule has 11 nitrogen and oxygen atoms in total. The average Bonchev–Trinajstić information content (AvgIpc) is 2.90. The van der Waals surface area contributed by atoms with E-state index in [1.165, 1.54) is 18.0 Å². The molecule has 0 aliphatic carbocycles. The van der Waals surface area contributed by atoms with Gasteiger partial charge in [-0.1, -0.05) is 32.1 Å². The maximum atomic E-state index is 13.1. The van der Waals surface area contributed by atoms with Gasteiger partial charge in [0.1, 0.15) is 18.1 Å². The minimum absolute atomic E-state index is 0.227. The molecule has 0 radical (unpaired) electrons. The van der Waals surface area contributed by atoms with Gasteiger partial charge >= 0.3 is 0 Å². The molecular weight excluding hydrogens is 520 g/mol. The van der Waals surface area contributed by atoms with E-state index in [0.717, 1.165) is 16.3 Å². The normalized spacial score (nSPS) is 26.9. The quantitative estimate of drug-likeness (QED) is 0.415. The van der Waals surface area contributed by atoms with Crippen LogP contribution in [0.3, 0.4) is 0 Å². The fourth-order valence-corrected chi connectivity index (χ4v) is 5.91. The van der Waals surface area contributed by atoms with Crippen LogP contribution in [0.25, 0.3) is 16.8 Å². The molecule has 4 rings (SSSR count). The largest absolute Gasteiger partial charge is 0.348 e. The van der Waals surface area contributed by atoms with Crippen LogP contribution in [-0.2, 0) is 24.4 Å². The molecule has 2 aliphatic rings. The fourth-order valence-electron chi connectivity index (χ4n) is 4.70. The Labute approximate surface area is 228 Å². The maximum Gasteiger partial charge on any atom is 0.258 e. The molecule has 1 fully saturated rings. The average molecular weight is 557 g/mol. The number of sulfonamides is 1. The van der Waals surface area contributed by atoms with Crippen LogP contribution in [0, 0.1) is 5.92 Å². The van der Waals surface area contributed by atoms with E-state index in [1.807, 2.05) is 31.2 Å². The summed E-state index contributed by atoms with van der Waals surface area (Å²) in [5.74, 6) is -1.96. The Morgan fingerprint density at radius 3 is 2.49 bits per heavy atom. The zero-order chi connectivity index (χ0) is 28.3. The molecule has 5 bridgehead atoms. The first kappa shape index (κ1) is 28.7. The minimum Gasteiger partial charge on any atom is -0.348 e. The van der Waals surface area contributed by atoms with E-state index >= 15 is 0 Å². The van der Waals surface area contributed by atoms with Crippen molar-refractivity contribution < 1.29 is 22.8 Å². The summed E-state index contributed by atoms with van der Waals surface area (Å²) in [5, 5.41) is 8.83. The van der Waals surface area contributed by atoms with Crippen molar-refractivity contribution in [3.8, 4) is 0 Å². The van der Waals surface area contributed by atoms with Crippen molar-refractivity contribution in [2.24, 2.45) is 5.92 Å². The number of hydrogen-bond donors (Lipinski definition) is 4. The van der Waals surface area contributed by atoms with Gasteiger partial charge in [-0.15, -0.1) is 0 Å². The van der Waals surface area contributed by atoms with E-state index in [0.29, 0.717) is 25.1 Å². The van der Waals surface area contributed by atoms with E-state index in [2.05, 4.69) is 25.8 Å². The minimum atomic E-state index is -3.86. The lowest BCUT2D eigenvalue weighted by Gasteiger charge is -2.35. The Morgan fingerprint density at radius 2 is 1.74 bits per heavy atom. The maximum absolute atomic E-state index is 13.1. The van der Waals surface area contributed by atoms with Gasteiger partial charge in [0.2, 0.25) is 21.8 Å². The molecule has 1 aromatic heterocycles. The zero-order valence-corrected chi connectivity index (χ0v) is 23.4. The van der Waals surface area contributed by atoms with Crippen molar-refractivity contribution >= 4 is 44.6 Å². The van der Waals surface area contributed by atoms with Crippen LogP contribution in [0.4, 0.5) is 0 Å². The molecule has 39 heavy (non-hydrogen) atoms. The summed E-state index contributed by atoms with van der Waals surface area (Å²) in [5.41, 5.74) is 4.48. The van der Waals surface area contributed by atoms with Gasteiger partial charge in [-0.05, 0) is 61.8 Å². The van der Waals surface area contributed by atoms with Gasteiger partial charge in [-0.25, -0.2) is 18.6 Å². The van der Waals surface area contributed by atoms with Crippen molar-refractivity contribution in [3.05, 3.63) is 47.8 Å². The summed E-state index contributed by atoms with van der Waals surface area (Å²) in [4.78, 5) is 43.7. The first-order chi connectivity index (χ1) is 18.4. The number of aromatic nitrogens is 1. The topological polar surface area (TPSA) is 150 Å². The SMILES string of the molecule is CC1NC(=O)C(C(C)C)NS(=O)(=O)CC=Cc2cc3cc(ccc3cn2)C(C)NC(=O)C2CCCN(N2)C1=O. The lowest BCUT2D eigenvalue weighted by atomic mass is 10.0. The van der Waals surface area contributed by atoms with E-state index in [-0.39, 0.29) is 23.6 Å². The highest BCUT2D eigenvalue weighted by Crippen LogP contribution is 2.22. The molecule has 4 N–H and O–H groups in total. The Balaban J connectivity index is 1.68. The summed E-state index contributed by atoms with van der Waals surface area (Å²) >= 11 is 0. The summed E-state index contributed by atoms with van der Waals surface area (Å²) in [6, 6.07) is 4.76. The Hall–Kier alpha value is -3.35. The molecule has 2 aliphatic heterocycles. The van der Waals surface area contributed by atoms with E-state index in [9.17, 15) is 22.8 Å². The lowest BCUT2D eigenvalue weighted by molar-refractivity contribution is -0.143. The molecule has 1 saturated heterocycles. The van der Waals surface area contributed by atoms with E-state index < -0.39 is 40.0 Å². The van der Waals surface area contributed by atoms with Crippen molar-refractivity contribution in [1.82, 2.24) is 30.8 Å². The van der Waals surface area contributed by atoms with Crippen molar-refractivity contribution in [2.45, 2.75) is 64.7 Å². The predicted octanol–water partition coefficient (Wildman–Crippen LogP) is 1.38. The number of carbonyl (C=O) groups excluding carboxylic acids is 3. The van der Waals surface area contributed by atoms with Crippen LogP contribution < -0.4 is 20.8 Å². The number of nitrogens with zero attached hydrogens (tertiary/aromatic N) is 2. The lowest BCUT2D eigenvalue weighted by Crippen LogP contribution is -2.62. The fraction of sp³-hybridized carbons (Fsp3) is 0.481. The zero-order valence-electron chi connectivity index (χ0n) is 22.6. The van der Waals surface area contributed by atoms with Gasteiger partial charge in [0.05, 0.1) is 17.5 Å². The molecule has 3 amide bonds. The summed E-state index contributed by atoms with van der Waals surface area (Å²) in [6.07, 6.45) is 5.97. The molecule has 210 valence electrons. The third kappa shape index (κ3) is 7.00. The second-order valence-corrected chi connectivity index (χ2v) is 12.3. The van der Waals surface area contributed by atoms with Crippen LogP contribution >= 0.6 is 0 Å². The number of hydrazine groups is 1. The number of nitrogens with one attached hydrogen (secondary N) is 4. The molecule has 4 unspecified atom stereocenters. The number of fused-ring (bicyclic) bond motifs is 4. The van der Waals surface area contributed by atoms with Gasteiger partial charge in [-0.3, -0.25) is 24.4 Å². The van der Waals surface area contributed by atoms with Crippen LogP contribution in [0.2, 0.25) is 0 Å². The highest BCUT2D eigenvalue weighted by molar-refractivity contribution is 7.89. The number of pyridine rings is 1. The number of amides is 3. The molecule has 3 heterocycles. The van der Waals surface area contributed by atoms with E-state index in [4.69, 9.17) is 0 Å². The number of hydrogen-bond acceptors (Lipinski definition) is 7. The van der Waals surface area contributed by atoms with Crippen LogP contribution in [0.5, 0.6) is 0 Å². The molecule has 12 heteroatoms. The number of benzene rings is 1. The molecular formula is C27H36N6O5S. The third-order valence-electron chi connectivity index (χ3n) is 6.98. The molecule has 0 spiro atoms. The number of carbonyl (C=O) groups is 3. The van der Waals surface area contributed by atoms with Gasteiger partial charge in [0, 0.05) is 18.1 Å². The van der Waals surface area contributed by atoms with Gasteiger partial charge in [0.15, 0.2) is 0 Å². The monoisotopic (exact) mass is 556 g/mol. The highest BCUT2D eigenvalue weighted by atomic mass is 32.2. The first-order valence-electron chi connectivity index (χ1n) is 13.2. The molecule has 2 aromatic rings. The second kappa shape index (κ2) is 11.8. The smallest absolute Gasteiger partial charge is 0.258 e. The summed E-state index contributed by atoms with van der Waals surface area (Å²) in [6.45, 7) is 7.25. The van der Waals surface area contributed by atoms with Crippen LogP contribution in [0.15, 0.2) is 36.5 Å². The first-order valence-corrected chi connectivity index (χ1v) is 14.8. The Morgan fingerprint density at radius 1 is 1.00 bits per heavy atom. The second-order valence-electron chi connectivity index (χ2n) is 10.5. The standard InChI is InChI=1S/C27H36N6O5S/c1-16(2)24-26(35)30-18(4)27(36)33-11-5-8-23(31-33)25(34)29-17(3)19-9-10-20-15-28-22(14-21(20)13-19)7-6-12-39(37,38)32-24/h6-7,9-10,13-18,23-24,31-32H,5,8,11-12H2,1-4H3,(H,29,34)(H,30,35). The molecule has 1 aromatic carbocycles. The highest BCUT2D eigenvalue weighted by Gasteiger charge is 2.33. The van der Waals surface area contributed by atoms with Gasteiger partial charge < -0.3 is 10.6 Å². The van der Waals surface area contributed by atoms with Crippen LogP contribution in [0.1, 0.15) is 57.8 Å². The predicted molar refractivity (Wildman–Crippen MR) is 148 cm³/mol. The molecule has 4 atom stereocenters. The van der Waals surface area contributed by atoms with E-state index in [1.54, 1.807) is 26.1 Å². The van der Waals surface area contributed by atoms with Crippen LogP contribution in [-0.4, -0.2) is 66.6 Å². The summed E-state index contributed by atoms with van der Waals surface area (Å²) < 4.78 is 28.1. The molecule has 0 saturated carbocycles.